The fourth-order valence-electron chi connectivity index (χ4n) is 1.39. The van der Waals surface area contributed by atoms with E-state index in [1.165, 1.54) is 11.3 Å². The summed E-state index contributed by atoms with van der Waals surface area (Å²) in [4.78, 5) is 5.87. The van der Waals surface area contributed by atoms with Gasteiger partial charge in [0.2, 0.25) is 0 Å². The molecule has 3 heteroatoms. The van der Waals surface area contributed by atoms with Crippen molar-refractivity contribution in [3.8, 4) is 10.8 Å². The van der Waals surface area contributed by atoms with E-state index in [4.69, 9.17) is 4.42 Å². The Hall–Kier alpha value is -1.09. The molecule has 14 heavy (non-hydrogen) atoms. The van der Waals surface area contributed by atoms with Crippen molar-refractivity contribution in [2.75, 3.05) is 0 Å². The molecule has 0 N–H and O–H groups in total. The summed E-state index contributed by atoms with van der Waals surface area (Å²) in [6, 6.07) is 3.85. The number of hydrogen-bond acceptors (Lipinski definition) is 3. The molecule has 2 heterocycles. The summed E-state index contributed by atoms with van der Waals surface area (Å²) in [6.07, 6.45) is 3.97. The average Bonchev–Trinajstić information content (AvgIpc) is 2.76. The largest absolute Gasteiger partial charge is 0.462 e. The van der Waals surface area contributed by atoms with Crippen molar-refractivity contribution in [1.82, 2.24) is 4.98 Å². The highest BCUT2D eigenvalue weighted by Gasteiger charge is 2.09. The van der Waals surface area contributed by atoms with E-state index < -0.39 is 0 Å². The summed E-state index contributed by atoms with van der Waals surface area (Å²) in [5, 5.41) is 0.996. The van der Waals surface area contributed by atoms with E-state index in [1.54, 1.807) is 17.6 Å². The molecule has 0 atom stereocenters. The maximum Gasteiger partial charge on any atom is 0.162 e. The summed E-state index contributed by atoms with van der Waals surface area (Å²) >= 11 is 1.74. The van der Waals surface area contributed by atoms with Crippen LogP contribution in [0.25, 0.3) is 10.8 Å². The summed E-state index contributed by atoms with van der Waals surface area (Å²) in [6.45, 7) is 4.25. The number of aryl methyl sites for hydroxylation is 2. The third kappa shape index (κ3) is 1.73. The molecule has 2 nitrogen and oxygen atoms in total. The first-order valence-electron chi connectivity index (χ1n) is 4.81. The summed E-state index contributed by atoms with van der Waals surface area (Å²) < 4.78 is 5.31. The van der Waals surface area contributed by atoms with E-state index in [9.17, 15) is 0 Å². The third-order valence-electron chi connectivity index (χ3n) is 2.10. The van der Waals surface area contributed by atoms with E-state index in [0.29, 0.717) is 0 Å². The van der Waals surface area contributed by atoms with E-state index in [-0.39, 0.29) is 0 Å². The van der Waals surface area contributed by atoms with Crippen LogP contribution in [0.2, 0.25) is 0 Å². The fraction of sp³-hybridized carbons (Fsp3) is 0.364. The van der Waals surface area contributed by atoms with E-state index in [0.717, 1.165) is 22.9 Å². The zero-order chi connectivity index (χ0) is 9.97. The van der Waals surface area contributed by atoms with Crippen LogP contribution in [0, 0.1) is 6.92 Å². The van der Waals surface area contributed by atoms with E-state index >= 15 is 0 Å². The molecule has 0 saturated carbocycles. The Balaban J connectivity index is 2.33. The molecular formula is C11H13NOS. The lowest BCUT2D eigenvalue weighted by Crippen LogP contribution is -1.80. The van der Waals surface area contributed by atoms with Crippen LogP contribution in [0.1, 0.15) is 23.9 Å². The van der Waals surface area contributed by atoms with Crippen molar-refractivity contribution in [3.63, 3.8) is 0 Å². The standard InChI is InChI=1S/C11H13NOS/c1-3-5-10-8(2)12-11(14-10)9-6-4-7-13-9/h4,6-7H,3,5H2,1-2H3. The maximum atomic E-state index is 5.31. The summed E-state index contributed by atoms with van der Waals surface area (Å²) in [7, 11) is 0. The molecule has 0 aliphatic rings. The zero-order valence-electron chi connectivity index (χ0n) is 8.41. The highest BCUT2D eigenvalue weighted by atomic mass is 32.1. The van der Waals surface area contributed by atoms with Gasteiger partial charge in [0, 0.05) is 4.88 Å². The van der Waals surface area contributed by atoms with Gasteiger partial charge in [-0.05, 0) is 25.5 Å². The minimum atomic E-state index is 0.875. The van der Waals surface area contributed by atoms with Crippen molar-refractivity contribution in [3.05, 3.63) is 29.0 Å². The molecule has 74 valence electrons. The van der Waals surface area contributed by atoms with Gasteiger partial charge < -0.3 is 4.42 Å². The van der Waals surface area contributed by atoms with Crippen LogP contribution in [0.15, 0.2) is 22.8 Å². The molecule has 0 radical (unpaired) electrons. The maximum absolute atomic E-state index is 5.31. The van der Waals surface area contributed by atoms with E-state index in [2.05, 4.69) is 18.8 Å². The van der Waals surface area contributed by atoms with Gasteiger partial charge in [-0.3, -0.25) is 0 Å². The molecule has 0 spiro atoms. The Kier molecular flexibility index (Phi) is 2.68. The molecule has 0 unspecified atom stereocenters. The summed E-state index contributed by atoms with van der Waals surface area (Å²) in [5.41, 5.74) is 1.14. The first-order valence-corrected chi connectivity index (χ1v) is 5.63. The average molecular weight is 207 g/mol. The van der Waals surface area contributed by atoms with Crippen LogP contribution >= 0.6 is 11.3 Å². The quantitative estimate of drug-likeness (QED) is 0.767. The van der Waals surface area contributed by atoms with Crippen molar-refractivity contribution in [2.24, 2.45) is 0 Å². The molecule has 0 amide bonds. The van der Waals surface area contributed by atoms with Gasteiger partial charge in [-0.1, -0.05) is 13.3 Å². The van der Waals surface area contributed by atoms with Crippen LogP contribution < -0.4 is 0 Å². The molecule has 2 aromatic rings. The van der Waals surface area contributed by atoms with Crippen LogP contribution in [0.5, 0.6) is 0 Å². The Labute approximate surface area is 87.6 Å². The second kappa shape index (κ2) is 3.96. The van der Waals surface area contributed by atoms with Crippen molar-refractivity contribution in [1.29, 1.82) is 0 Å². The minimum Gasteiger partial charge on any atom is -0.462 e. The number of nitrogens with zero attached hydrogens (tertiary/aromatic N) is 1. The lowest BCUT2D eigenvalue weighted by atomic mass is 10.2. The van der Waals surface area contributed by atoms with Crippen molar-refractivity contribution < 1.29 is 4.42 Å². The predicted molar refractivity (Wildman–Crippen MR) is 58.5 cm³/mol. The lowest BCUT2D eigenvalue weighted by Gasteiger charge is -1.90. The number of thiazole rings is 1. The van der Waals surface area contributed by atoms with Crippen LogP contribution in [0.3, 0.4) is 0 Å². The van der Waals surface area contributed by atoms with Gasteiger partial charge in [-0.25, -0.2) is 4.98 Å². The molecule has 0 fully saturated rings. The normalized spacial score (nSPS) is 10.7. The molecule has 0 aliphatic heterocycles. The van der Waals surface area contributed by atoms with Crippen molar-refractivity contribution in [2.45, 2.75) is 26.7 Å². The monoisotopic (exact) mass is 207 g/mol. The first-order chi connectivity index (χ1) is 6.81. The van der Waals surface area contributed by atoms with Crippen LogP contribution in [-0.4, -0.2) is 4.98 Å². The zero-order valence-corrected chi connectivity index (χ0v) is 9.23. The Morgan fingerprint density at radius 3 is 3.00 bits per heavy atom. The molecule has 0 aromatic carbocycles. The Bertz CT molecular complexity index is 403. The van der Waals surface area contributed by atoms with Crippen LogP contribution in [0.4, 0.5) is 0 Å². The van der Waals surface area contributed by atoms with Gasteiger partial charge in [0.15, 0.2) is 10.8 Å². The molecular weight excluding hydrogens is 194 g/mol. The smallest absolute Gasteiger partial charge is 0.162 e. The SMILES string of the molecule is CCCc1sc(-c2ccco2)nc1C. The highest BCUT2D eigenvalue weighted by molar-refractivity contribution is 7.15. The van der Waals surface area contributed by atoms with Gasteiger partial charge in [0.05, 0.1) is 12.0 Å². The number of rotatable bonds is 3. The van der Waals surface area contributed by atoms with Gasteiger partial charge in [-0.15, -0.1) is 11.3 Å². The van der Waals surface area contributed by atoms with Gasteiger partial charge >= 0.3 is 0 Å². The second-order valence-corrected chi connectivity index (χ2v) is 4.34. The molecule has 2 rings (SSSR count). The van der Waals surface area contributed by atoms with Gasteiger partial charge in [0.25, 0.3) is 0 Å². The number of furan rings is 1. The Morgan fingerprint density at radius 2 is 2.36 bits per heavy atom. The lowest BCUT2D eigenvalue weighted by molar-refractivity contribution is 0.581. The molecule has 2 aromatic heterocycles. The van der Waals surface area contributed by atoms with Crippen LogP contribution in [-0.2, 0) is 6.42 Å². The molecule has 0 bridgehead atoms. The van der Waals surface area contributed by atoms with Gasteiger partial charge in [-0.2, -0.15) is 0 Å². The highest BCUT2D eigenvalue weighted by Crippen LogP contribution is 2.28. The van der Waals surface area contributed by atoms with Crippen molar-refractivity contribution >= 4 is 11.3 Å². The minimum absolute atomic E-state index is 0.875. The second-order valence-electron chi connectivity index (χ2n) is 3.25. The topological polar surface area (TPSA) is 26.0 Å². The first kappa shape index (κ1) is 9.46. The fourth-order valence-corrected chi connectivity index (χ4v) is 2.52. The third-order valence-corrected chi connectivity index (χ3v) is 3.33. The van der Waals surface area contributed by atoms with E-state index in [1.807, 2.05) is 12.1 Å². The Morgan fingerprint density at radius 1 is 1.50 bits per heavy atom. The molecule has 0 aliphatic carbocycles. The summed E-state index contributed by atoms with van der Waals surface area (Å²) in [5.74, 6) is 0.875. The van der Waals surface area contributed by atoms with Gasteiger partial charge in [0.1, 0.15) is 0 Å². The number of aromatic nitrogens is 1. The molecule has 0 saturated heterocycles. The number of hydrogen-bond donors (Lipinski definition) is 0. The predicted octanol–water partition coefficient (Wildman–Crippen LogP) is 3.66.